The zero-order valence-electron chi connectivity index (χ0n) is 10.8. The van der Waals surface area contributed by atoms with Gasteiger partial charge in [-0.25, -0.2) is 12.8 Å². The summed E-state index contributed by atoms with van der Waals surface area (Å²) in [6.07, 6.45) is 3.72. The fourth-order valence-electron chi connectivity index (χ4n) is 2.45. The number of hydrogen-bond acceptors (Lipinski definition) is 2. The Morgan fingerprint density at radius 1 is 1.37 bits per heavy atom. The number of halogens is 2. The monoisotopic (exact) mass is 305 g/mol. The number of hydrogen-bond donors (Lipinski definition) is 0. The second-order valence-electron chi connectivity index (χ2n) is 4.86. The van der Waals surface area contributed by atoms with Crippen molar-refractivity contribution in [1.82, 2.24) is 4.31 Å². The molecule has 0 bridgehead atoms. The van der Waals surface area contributed by atoms with Crippen LogP contribution in [0.1, 0.15) is 31.2 Å². The maximum Gasteiger partial charge on any atom is 0.245 e. The first kappa shape index (κ1) is 14.8. The fraction of sp³-hybridized carbons (Fsp3) is 0.538. The standard InChI is InChI=1S/C13H17ClFNO2S/c1-16(11-4-2-3-5-11)19(17,18)13-8-10(9-14)6-7-12(13)15/h6-8,11H,2-5,9H2,1H3. The Hall–Kier alpha value is -0.650. The Labute approximate surface area is 118 Å². The third kappa shape index (κ3) is 2.93. The van der Waals surface area contributed by atoms with Crippen LogP contribution in [0.2, 0.25) is 0 Å². The molecule has 2 rings (SSSR count). The molecule has 0 N–H and O–H groups in total. The van der Waals surface area contributed by atoms with Gasteiger partial charge in [-0.1, -0.05) is 18.9 Å². The van der Waals surface area contributed by atoms with Crippen LogP contribution in [-0.2, 0) is 15.9 Å². The number of rotatable bonds is 4. The van der Waals surface area contributed by atoms with Gasteiger partial charge < -0.3 is 0 Å². The molecule has 0 atom stereocenters. The molecule has 0 unspecified atom stereocenters. The number of nitrogens with zero attached hydrogens (tertiary/aromatic N) is 1. The van der Waals surface area contributed by atoms with Crippen molar-refractivity contribution in [3.8, 4) is 0 Å². The van der Waals surface area contributed by atoms with E-state index in [1.54, 1.807) is 0 Å². The second kappa shape index (κ2) is 5.77. The summed E-state index contributed by atoms with van der Waals surface area (Å²) in [5.74, 6) is -0.561. The maximum atomic E-state index is 13.8. The summed E-state index contributed by atoms with van der Waals surface area (Å²) in [7, 11) is -2.26. The van der Waals surface area contributed by atoms with Crippen LogP contribution in [0.5, 0.6) is 0 Å². The van der Waals surface area contributed by atoms with Crippen molar-refractivity contribution < 1.29 is 12.8 Å². The highest BCUT2D eigenvalue weighted by Gasteiger charge is 2.31. The molecule has 0 aliphatic heterocycles. The van der Waals surface area contributed by atoms with Gasteiger partial charge in [-0.05, 0) is 30.5 Å². The van der Waals surface area contributed by atoms with Gasteiger partial charge in [0, 0.05) is 19.0 Å². The molecule has 0 aromatic heterocycles. The summed E-state index contributed by atoms with van der Waals surface area (Å²) in [6.45, 7) is 0. The van der Waals surface area contributed by atoms with Crippen molar-refractivity contribution in [1.29, 1.82) is 0 Å². The largest absolute Gasteiger partial charge is 0.245 e. The van der Waals surface area contributed by atoms with E-state index in [1.165, 1.54) is 23.5 Å². The van der Waals surface area contributed by atoms with Gasteiger partial charge in [-0.3, -0.25) is 0 Å². The third-order valence-corrected chi connectivity index (χ3v) is 5.88. The number of sulfonamides is 1. The molecule has 1 fully saturated rings. The molecule has 0 amide bonds. The quantitative estimate of drug-likeness (QED) is 0.802. The van der Waals surface area contributed by atoms with Crippen LogP contribution in [0.15, 0.2) is 23.1 Å². The summed E-state index contributed by atoms with van der Waals surface area (Å²) in [4.78, 5) is -0.278. The molecule has 106 valence electrons. The minimum Gasteiger partial charge on any atom is -0.207 e. The summed E-state index contributed by atoms with van der Waals surface area (Å²) >= 11 is 5.68. The zero-order chi connectivity index (χ0) is 14.0. The van der Waals surface area contributed by atoms with E-state index in [0.717, 1.165) is 31.7 Å². The lowest BCUT2D eigenvalue weighted by molar-refractivity contribution is 0.370. The van der Waals surface area contributed by atoms with Gasteiger partial charge in [0.25, 0.3) is 0 Å². The summed E-state index contributed by atoms with van der Waals surface area (Å²) in [6, 6.07) is 3.96. The van der Waals surface area contributed by atoms with Gasteiger partial charge in [0.2, 0.25) is 10.0 Å². The Bertz CT molecular complexity index is 556. The minimum absolute atomic E-state index is 0.0240. The molecular formula is C13H17ClFNO2S. The molecule has 3 nitrogen and oxygen atoms in total. The van der Waals surface area contributed by atoms with Gasteiger partial charge in [-0.15, -0.1) is 11.6 Å². The van der Waals surface area contributed by atoms with Gasteiger partial charge in [0.05, 0.1) is 0 Å². The zero-order valence-corrected chi connectivity index (χ0v) is 12.3. The highest BCUT2D eigenvalue weighted by molar-refractivity contribution is 7.89. The Kier molecular flexibility index (Phi) is 4.48. The van der Waals surface area contributed by atoms with E-state index in [0.29, 0.717) is 5.56 Å². The molecule has 0 radical (unpaired) electrons. The van der Waals surface area contributed by atoms with E-state index in [1.807, 2.05) is 0 Å². The Morgan fingerprint density at radius 3 is 2.58 bits per heavy atom. The van der Waals surface area contributed by atoms with Crippen LogP contribution < -0.4 is 0 Å². The molecule has 0 heterocycles. The van der Waals surface area contributed by atoms with E-state index >= 15 is 0 Å². The van der Waals surface area contributed by atoms with Crippen molar-refractivity contribution in [2.45, 2.75) is 42.5 Å². The first-order valence-electron chi connectivity index (χ1n) is 6.29. The van der Waals surface area contributed by atoms with E-state index < -0.39 is 15.8 Å². The van der Waals surface area contributed by atoms with Gasteiger partial charge in [0.15, 0.2) is 0 Å². The Morgan fingerprint density at radius 2 is 2.00 bits per heavy atom. The third-order valence-electron chi connectivity index (χ3n) is 3.65. The van der Waals surface area contributed by atoms with Crippen LogP contribution in [-0.4, -0.2) is 25.8 Å². The van der Waals surface area contributed by atoms with Crippen LogP contribution in [0.4, 0.5) is 4.39 Å². The summed E-state index contributed by atoms with van der Waals surface area (Å²) in [5.41, 5.74) is 0.599. The molecule has 19 heavy (non-hydrogen) atoms. The summed E-state index contributed by atoms with van der Waals surface area (Å²) < 4.78 is 40.0. The highest BCUT2D eigenvalue weighted by atomic mass is 35.5. The number of benzene rings is 1. The van der Waals surface area contributed by atoms with Crippen LogP contribution in [0.3, 0.4) is 0 Å². The molecule has 6 heteroatoms. The molecule has 1 aliphatic rings. The van der Waals surface area contributed by atoms with Crippen molar-refractivity contribution in [2.75, 3.05) is 7.05 Å². The van der Waals surface area contributed by atoms with E-state index in [-0.39, 0.29) is 16.8 Å². The normalized spacial score (nSPS) is 17.3. The molecule has 1 aromatic carbocycles. The predicted octanol–water partition coefficient (Wildman–Crippen LogP) is 3.13. The van der Waals surface area contributed by atoms with Gasteiger partial charge in [0.1, 0.15) is 10.7 Å². The first-order valence-corrected chi connectivity index (χ1v) is 8.26. The molecule has 0 spiro atoms. The van der Waals surface area contributed by atoms with Crippen molar-refractivity contribution >= 4 is 21.6 Å². The predicted molar refractivity (Wildman–Crippen MR) is 73.2 cm³/mol. The van der Waals surface area contributed by atoms with Crippen LogP contribution in [0, 0.1) is 5.82 Å². The van der Waals surface area contributed by atoms with Crippen LogP contribution in [0.25, 0.3) is 0 Å². The first-order chi connectivity index (χ1) is 8.96. The van der Waals surface area contributed by atoms with E-state index in [2.05, 4.69) is 0 Å². The van der Waals surface area contributed by atoms with Gasteiger partial charge >= 0.3 is 0 Å². The highest BCUT2D eigenvalue weighted by Crippen LogP contribution is 2.28. The average Bonchev–Trinajstić information content (AvgIpc) is 2.92. The summed E-state index contributed by atoms with van der Waals surface area (Å²) in [5, 5.41) is 0. The lowest BCUT2D eigenvalue weighted by Gasteiger charge is -2.24. The van der Waals surface area contributed by atoms with Crippen LogP contribution >= 0.6 is 11.6 Å². The van der Waals surface area contributed by atoms with Crippen molar-refractivity contribution in [3.05, 3.63) is 29.6 Å². The molecule has 1 aliphatic carbocycles. The van der Waals surface area contributed by atoms with Gasteiger partial charge in [-0.2, -0.15) is 4.31 Å². The van der Waals surface area contributed by atoms with E-state index in [9.17, 15) is 12.8 Å². The molecule has 0 saturated heterocycles. The molecular weight excluding hydrogens is 289 g/mol. The average molecular weight is 306 g/mol. The SMILES string of the molecule is CN(C1CCCC1)S(=O)(=O)c1cc(CCl)ccc1F. The van der Waals surface area contributed by atoms with E-state index in [4.69, 9.17) is 11.6 Å². The lowest BCUT2D eigenvalue weighted by Crippen LogP contribution is -2.35. The second-order valence-corrected chi connectivity index (χ2v) is 7.09. The fourth-order valence-corrected chi connectivity index (χ4v) is 4.14. The maximum absolute atomic E-state index is 13.8. The topological polar surface area (TPSA) is 37.4 Å². The Balaban J connectivity index is 2.38. The van der Waals surface area contributed by atoms with Crippen molar-refractivity contribution in [2.24, 2.45) is 0 Å². The number of alkyl halides is 1. The lowest BCUT2D eigenvalue weighted by atomic mass is 10.2. The molecule has 1 saturated carbocycles. The molecule has 1 aromatic rings. The minimum atomic E-state index is -3.79. The smallest absolute Gasteiger partial charge is 0.207 e. The van der Waals surface area contributed by atoms with Crippen molar-refractivity contribution in [3.63, 3.8) is 0 Å².